The second kappa shape index (κ2) is 5.59. The lowest BCUT2D eigenvalue weighted by Gasteiger charge is -2.08. The molecule has 0 fully saturated rings. The molecule has 1 aliphatic heterocycles. The summed E-state index contributed by atoms with van der Waals surface area (Å²) in [4.78, 5) is 22.0. The van der Waals surface area contributed by atoms with Gasteiger partial charge in [-0.2, -0.15) is 0 Å². The number of sulfonamides is 1. The summed E-state index contributed by atoms with van der Waals surface area (Å²) < 4.78 is 26.4. The van der Waals surface area contributed by atoms with Gasteiger partial charge in [-0.05, 0) is 23.8 Å². The number of rotatable bonds is 5. The minimum absolute atomic E-state index is 0.107. The van der Waals surface area contributed by atoms with Gasteiger partial charge in [-0.1, -0.05) is 0 Å². The molecule has 2 rings (SSSR count). The van der Waals surface area contributed by atoms with Gasteiger partial charge in [0.2, 0.25) is 21.8 Å². The zero-order valence-corrected chi connectivity index (χ0v) is 11.7. The van der Waals surface area contributed by atoms with E-state index in [-0.39, 0.29) is 36.2 Å². The highest BCUT2D eigenvalue weighted by Gasteiger charge is 2.21. The van der Waals surface area contributed by atoms with Crippen LogP contribution >= 0.6 is 0 Å². The number of carbonyl (C=O) groups is 2. The van der Waals surface area contributed by atoms with Gasteiger partial charge in [0.1, 0.15) is 0 Å². The van der Waals surface area contributed by atoms with Crippen LogP contribution in [0.5, 0.6) is 0 Å². The van der Waals surface area contributed by atoms with Crippen molar-refractivity contribution in [3.63, 3.8) is 0 Å². The molecule has 20 heavy (non-hydrogen) atoms. The molecule has 108 valence electrons. The fourth-order valence-electron chi connectivity index (χ4n) is 1.88. The van der Waals surface area contributed by atoms with Crippen molar-refractivity contribution < 1.29 is 18.0 Å². The van der Waals surface area contributed by atoms with Crippen molar-refractivity contribution in [1.82, 2.24) is 10.0 Å². The molecule has 0 radical (unpaired) electrons. The van der Waals surface area contributed by atoms with Gasteiger partial charge in [0, 0.05) is 25.7 Å². The molecule has 1 aliphatic rings. The van der Waals surface area contributed by atoms with Gasteiger partial charge >= 0.3 is 0 Å². The molecule has 0 aliphatic carbocycles. The van der Waals surface area contributed by atoms with Gasteiger partial charge in [-0.25, -0.2) is 13.1 Å². The van der Waals surface area contributed by atoms with Crippen LogP contribution in [0.1, 0.15) is 12.5 Å². The maximum atomic E-state index is 12.0. The van der Waals surface area contributed by atoms with Gasteiger partial charge in [0.05, 0.1) is 11.3 Å². The van der Waals surface area contributed by atoms with Crippen molar-refractivity contribution in [3.8, 4) is 0 Å². The Kier molecular flexibility index (Phi) is 4.05. The van der Waals surface area contributed by atoms with Crippen LogP contribution in [0, 0.1) is 0 Å². The zero-order chi connectivity index (χ0) is 14.8. The van der Waals surface area contributed by atoms with Gasteiger partial charge in [0.25, 0.3) is 0 Å². The average Bonchev–Trinajstić information content (AvgIpc) is 2.73. The maximum Gasteiger partial charge on any atom is 0.240 e. The van der Waals surface area contributed by atoms with Crippen LogP contribution in [0.15, 0.2) is 23.1 Å². The van der Waals surface area contributed by atoms with Crippen LogP contribution in [0.25, 0.3) is 0 Å². The number of fused-ring (bicyclic) bond motifs is 1. The number of hydrogen-bond donors (Lipinski definition) is 3. The van der Waals surface area contributed by atoms with E-state index in [1.807, 2.05) is 0 Å². The summed E-state index contributed by atoms with van der Waals surface area (Å²) in [7, 11) is -3.64. The standard InChI is InChI=1S/C12H15N3O4S/c1-8(16)13-4-5-14-20(18,19)10-2-3-11-9(6-10)7-12(17)15-11/h2-3,6,14H,4-5,7H2,1H3,(H,13,16)(H,15,17). The predicted molar refractivity (Wildman–Crippen MR) is 72.6 cm³/mol. The second-order valence-electron chi connectivity index (χ2n) is 4.42. The first-order chi connectivity index (χ1) is 9.38. The van der Waals surface area contributed by atoms with Crippen LogP contribution < -0.4 is 15.4 Å². The molecule has 2 amide bonds. The Morgan fingerprint density at radius 3 is 2.80 bits per heavy atom. The van der Waals surface area contributed by atoms with E-state index in [2.05, 4.69) is 15.4 Å². The first kappa shape index (κ1) is 14.5. The van der Waals surface area contributed by atoms with Crippen LogP contribution in [0.3, 0.4) is 0 Å². The minimum atomic E-state index is -3.64. The number of nitrogens with one attached hydrogen (secondary N) is 3. The fourth-order valence-corrected chi connectivity index (χ4v) is 2.96. The smallest absolute Gasteiger partial charge is 0.240 e. The number of carbonyl (C=O) groups excluding carboxylic acids is 2. The van der Waals surface area contributed by atoms with Crippen molar-refractivity contribution in [3.05, 3.63) is 23.8 Å². The normalized spacial score (nSPS) is 13.8. The van der Waals surface area contributed by atoms with E-state index in [4.69, 9.17) is 0 Å². The van der Waals surface area contributed by atoms with E-state index in [9.17, 15) is 18.0 Å². The Bertz CT molecular complexity index is 655. The molecule has 1 heterocycles. The van der Waals surface area contributed by atoms with Crippen molar-refractivity contribution in [2.24, 2.45) is 0 Å². The van der Waals surface area contributed by atoms with Crippen LogP contribution in [-0.2, 0) is 26.0 Å². The molecule has 7 nitrogen and oxygen atoms in total. The zero-order valence-electron chi connectivity index (χ0n) is 10.9. The molecule has 1 aromatic carbocycles. The molecule has 0 saturated heterocycles. The Balaban J connectivity index is 2.05. The summed E-state index contributed by atoms with van der Waals surface area (Å²) in [6.07, 6.45) is 0.185. The van der Waals surface area contributed by atoms with Gasteiger partial charge in [-0.3, -0.25) is 9.59 Å². The highest BCUT2D eigenvalue weighted by atomic mass is 32.2. The van der Waals surface area contributed by atoms with Crippen LogP contribution in [-0.4, -0.2) is 33.3 Å². The number of anilines is 1. The second-order valence-corrected chi connectivity index (χ2v) is 6.19. The lowest BCUT2D eigenvalue weighted by Crippen LogP contribution is -2.33. The highest BCUT2D eigenvalue weighted by molar-refractivity contribution is 7.89. The SMILES string of the molecule is CC(=O)NCCNS(=O)(=O)c1ccc2c(c1)CC(=O)N2. The van der Waals surface area contributed by atoms with E-state index in [0.717, 1.165) is 0 Å². The van der Waals surface area contributed by atoms with Crippen LogP contribution in [0.2, 0.25) is 0 Å². The first-order valence-corrected chi connectivity index (χ1v) is 7.54. The minimum Gasteiger partial charge on any atom is -0.355 e. The van der Waals surface area contributed by atoms with Gasteiger partial charge < -0.3 is 10.6 Å². The summed E-state index contributed by atoms with van der Waals surface area (Å²) in [5.41, 5.74) is 1.31. The Morgan fingerprint density at radius 1 is 1.35 bits per heavy atom. The fraction of sp³-hybridized carbons (Fsp3) is 0.333. The van der Waals surface area contributed by atoms with Crippen LogP contribution in [0.4, 0.5) is 5.69 Å². The Labute approximate surface area is 116 Å². The third kappa shape index (κ3) is 3.34. The molecular formula is C12H15N3O4S. The molecule has 0 aromatic heterocycles. The third-order valence-corrected chi connectivity index (χ3v) is 4.26. The maximum absolute atomic E-state index is 12.0. The molecule has 0 unspecified atom stereocenters. The number of hydrogen-bond acceptors (Lipinski definition) is 4. The predicted octanol–water partition coefficient (Wildman–Crippen LogP) is -0.404. The molecule has 0 saturated carbocycles. The largest absolute Gasteiger partial charge is 0.355 e. The van der Waals surface area contributed by atoms with E-state index < -0.39 is 10.0 Å². The number of amides is 2. The lowest BCUT2D eigenvalue weighted by atomic mass is 10.2. The molecule has 0 spiro atoms. The summed E-state index contributed by atoms with van der Waals surface area (Å²) in [6.45, 7) is 1.69. The van der Waals surface area contributed by atoms with E-state index in [1.165, 1.54) is 19.1 Å². The van der Waals surface area contributed by atoms with Crippen molar-refractivity contribution in [2.45, 2.75) is 18.2 Å². The van der Waals surface area contributed by atoms with Gasteiger partial charge in [-0.15, -0.1) is 0 Å². The van der Waals surface area contributed by atoms with Crippen molar-refractivity contribution in [1.29, 1.82) is 0 Å². The van der Waals surface area contributed by atoms with E-state index in [0.29, 0.717) is 11.3 Å². The molecule has 8 heteroatoms. The topological polar surface area (TPSA) is 104 Å². The number of benzene rings is 1. The monoisotopic (exact) mass is 297 g/mol. The van der Waals surface area contributed by atoms with E-state index in [1.54, 1.807) is 6.07 Å². The average molecular weight is 297 g/mol. The molecule has 0 atom stereocenters. The molecular weight excluding hydrogens is 282 g/mol. The molecule has 0 bridgehead atoms. The Morgan fingerprint density at radius 2 is 2.10 bits per heavy atom. The first-order valence-electron chi connectivity index (χ1n) is 6.05. The van der Waals surface area contributed by atoms with Crippen molar-refractivity contribution >= 4 is 27.5 Å². The third-order valence-electron chi connectivity index (χ3n) is 2.80. The molecule has 1 aromatic rings. The van der Waals surface area contributed by atoms with E-state index >= 15 is 0 Å². The summed E-state index contributed by atoms with van der Waals surface area (Å²) in [6, 6.07) is 4.49. The lowest BCUT2D eigenvalue weighted by molar-refractivity contribution is -0.119. The summed E-state index contributed by atoms with van der Waals surface area (Å²) >= 11 is 0. The molecule has 3 N–H and O–H groups in total. The summed E-state index contributed by atoms with van der Waals surface area (Å²) in [5, 5.41) is 5.14. The highest BCUT2D eigenvalue weighted by Crippen LogP contribution is 2.25. The summed E-state index contributed by atoms with van der Waals surface area (Å²) in [5.74, 6) is -0.362. The quantitative estimate of drug-likeness (QED) is 0.643. The van der Waals surface area contributed by atoms with Gasteiger partial charge in [0.15, 0.2) is 0 Å². The van der Waals surface area contributed by atoms with Crippen molar-refractivity contribution in [2.75, 3.05) is 18.4 Å². The Hall–Kier alpha value is -1.93.